The third-order valence-corrected chi connectivity index (χ3v) is 4.39. The highest BCUT2D eigenvalue weighted by molar-refractivity contribution is 5.58. The van der Waals surface area contributed by atoms with Gasteiger partial charge in [0.1, 0.15) is 18.0 Å². The maximum absolute atomic E-state index is 10.7. The van der Waals surface area contributed by atoms with Gasteiger partial charge in [0.2, 0.25) is 0 Å². The van der Waals surface area contributed by atoms with Gasteiger partial charge in [0.15, 0.2) is 0 Å². The van der Waals surface area contributed by atoms with E-state index < -0.39 is 5.60 Å². The first-order chi connectivity index (χ1) is 9.95. The van der Waals surface area contributed by atoms with E-state index in [4.69, 9.17) is 5.84 Å². The van der Waals surface area contributed by atoms with Crippen molar-refractivity contribution in [3.8, 4) is 0 Å². The minimum atomic E-state index is -0.637. The van der Waals surface area contributed by atoms with Crippen LogP contribution in [0.15, 0.2) is 6.33 Å². The SMILES string of the molecule is CC1CCC(O)(CNc2ncnc(NN)c2C(C)C)CC1. The van der Waals surface area contributed by atoms with Crippen molar-refractivity contribution in [3.63, 3.8) is 0 Å². The summed E-state index contributed by atoms with van der Waals surface area (Å²) in [5.74, 6) is 7.85. The summed E-state index contributed by atoms with van der Waals surface area (Å²) in [6.07, 6.45) is 5.32. The predicted molar refractivity (Wildman–Crippen MR) is 85.0 cm³/mol. The van der Waals surface area contributed by atoms with E-state index in [1.165, 1.54) is 6.33 Å². The topological polar surface area (TPSA) is 96.1 Å². The quantitative estimate of drug-likeness (QED) is 0.491. The van der Waals surface area contributed by atoms with E-state index in [0.717, 1.165) is 37.1 Å². The Bertz CT molecular complexity index is 469. The fourth-order valence-electron chi connectivity index (χ4n) is 2.92. The average molecular weight is 293 g/mol. The first kappa shape index (κ1) is 16.0. The fraction of sp³-hybridized carbons (Fsp3) is 0.733. The number of nitrogen functional groups attached to an aromatic ring is 1. The molecule has 1 fully saturated rings. The largest absolute Gasteiger partial charge is 0.388 e. The van der Waals surface area contributed by atoms with Crippen LogP contribution in [0.5, 0.6) is 0 Å². The van der Waals surface area contributed by atoms with Crippen LogP contribution in [0.1, 0.15) is 57.9 Å². The molecular weight excluding hydrogens is 266 g/mol. The molecule has 1 aromatic rings. The fourth-order valence-corrected chi connectivity index (χ4v) is 2.92. The number of hydrazine groups is 1. The number of nitrogens with zero attached hydrogens (tertiary/aromatic N) is 2. The van der Waals surface area contributed by atoms with Crippen molar-refractivity contribution in [2.75, 3.05) is 17.3 Å². The van der Waals surface area contributed by atoms with Crippen LogP contribution in [0.2, 0.25) is 0 Å². The molecular formula is C15H27N5O. The van der Waals surface area contributed by atoms with Gasteiger partial charge in [-0.3, -0.25) is 0 Å². The Morgan fingerprint density at radius 3 is 2.52 bits per heavy atom. The Labute approximate surface area is 126 Å². The summed E-state index contributed by atoms with van der Waals surface area (Å²) >= 11 is 0. The van der Waals surface area contributed by atoms with Gasteiger partial charge in [0, 0.05) is 12.1 Å². The molecule has 6 nitrogen and oxygen atoms in total. The maximum Gasteiger partial charge on any atom is 0.148 e. The lowest BCUT2D eigenvalue weighted by Gasteiger charge is -2.35. The summed E-state index contributed by atoms with van der Waals surface area (Å²) in [4.78, 5) is 8.46. The zero-order valence-corrected chi connectivity index (χ0v) is 13.2. The summed E-state index contributed by atoms with van der Waals surface area (Å²) in [6, 6.07) is 0. The van der Waals surface area contributed by atoms with Crippen LogP contribution >= 0.6 is 0 Å². The molecule has 2 rings (SSSR count). The maximum atomic E-state index is 10.7. The molecule has 0 aromatic carbocycles. The van der Waals surface area contributed by atoms with Gasteiger partial charge in [-0.05, 0) is 37.5 Å². The molecule has 1 saturated carbocycles. The van der Waals surface area contributed by atoms with Crippen molar-refractivity contribution in [1.29, 1.82) is 0 Å². The smallest absolute Gasteiger partial charge is 0.148 e. The molecule has 1 aliphatic rings. The molecule has 0 radical (unpaired) electrons. The minimum Gasteiger partial charge on any atom is -0.388 e. The highest BCUT2D eigenvalue weighted by atomic mass is 16.3. The van der Waals surface area contributed by atoms with Gasteiger partial charge in [-0.25, -0.2) is 15.8 Å². The van der Waals surface area contributed by atoms with Crippen LogP contribution in [-0.2, 0) is 0 Å². The highest BCUT2D eigenvalue weighted by Crippen LogP contribution is 2.33. The lowest BCUT2D eigenvalue weighted by Crippen LogP contribution is -2.40. The van der Waals surface area contributed by atoms with Crippen molar-refractivity contribution >= 4 is 11.6 Å². The molecule has 1 heterocycles. The van der Waals surface area contributed by atoms with Crippen LogP contribution in [0.25, 0.3) is 0 Å². The molecule has 0 amide bonds. The first-order valence-corrected chi connectivity index (χ1v) is 7.73. The van der Waals surface area contributed by atoms with Gasteiger partial charge in [-0.1, -0.05) is 20.8 Å². The second kappa shape index (κ2) is 6.58. The summed E-state index contributed by atoms with van der Waals surface area (Å²) in [5, 5.41) is 14.0. The van der Waals surface area contributed by atoms with E-state index in [2.05, 4.69) is 41.5 Å². The second-order valence-corrected chi connectivity index (χ2v) is 6.54. The Hall–Kier alpha value is -1.40. The first-order valence-electron chi connectivity index (χ1n) is 7.73. The molecule has 1 aromatic heterocycles. The molecule has 0 bridgehead atoms. The molecule has 0 saturated heterocycles. The number of rotatable bonds is 5. The zero-order valence-electron chi connectivity index (χ0n) is 13.2. The van der Waals surface area contributed by atoms with Crippen molar-refractivity contribution in [3.05, 3.63) is 11.9 Å². The number of hydrogen-bond donors (Lipinski definition) is 4. The molecule has 21 heavy (non-hydrogen) atoms. The molecule has 0 spiro atoms. The van der Waals surface area contributed by atoms with Crippen molar-refractivity contribution in [1.82, 2.24) is 9.97 Å². The van der Waals surface area contributed by atoms with Crippen LogP contribution in [-0.4, -0.2) is 27.2 Å². The van der Waals surface area contributed by atoms with E-state index in [0.29, 0.717) is 18.3 Å². The van der Waals surface area contributed by atoms with Crippen molar-refractivity contribution < 1.29 is 5.11 Å². The standard InChI is InChI=1S/C15H27N5O/c1-10(2)12-13(18-9-19-14(12)20-16)17-8-15(21)6-4-11(3)5-7-15/h9-11,21H,4-8,16H2,1-3H3,(H2,17,18,19,20). The highest BCUT2D eigenvalue weighted by Gasteiger charge is 2.32. The summed E-state index contributed by atoms with van der Waals surface area (Å²) in [7, 11) is 0. The van der Waals surface area contributed by atoms with Gasteiger partial charge in [-0.2, -0.15) is 0 Å². The van der Waals surface area contributed by atoms with Crippen molar-refractivity contribution in [2.24, 2.45) is 11.8 Å². The van der Waals surface area contributed by atoms with Gasteiger partial charge in [0.25, 0.3) is 0 Å². The Morgan fingerprint density at radius 2 is 1.95 bits per heavy atom. The summed E-state index contributed by atoms with van der Waals surface area (Å²) in [6.45, 7) is 6.90. The van der Waals surface area contributed by atoms with Gasteiger partial charge < -0.3 is 15.8 Å². The molecule has 5 N–H and O–H groups in total. The third kappa shape index (κ3) is 3.83. The molecule has 0 unspecified atom stereocenters. The number of nitrogens with one attached hydrogen (secondary N) is 2. The van der Waals surface area contributed by atoms with Crippen LogP contribution in [0.3, 0.4) is 0 Å². The number of anilines is 2. The van der Waals surface area contributed by atoms with Crippen molar-refractivity contribution in [2.45, 2.75) is 58.0 Å². The van der Waals surface area contributed by atoms with Crippen LogP contribution < -0.4 is 16.6 Å². The minimum absolute atomic E-state index is 0.237. The second-order valence-electron chi connectivity index (χ2n) is 6.54. The third-order valence-electron chi connectivity index (χ3n) is 4.39. The molecule has 1 aliphatic carbocycles. The van der Waals surface area contributed by atoms with Gasteiger partial charge >= 0.3 is 0 Å². The van der Waals surface area contributed by atoms with E-state index in [9.17, 15) is 5.11 Å². The Morgan fingerprint density at radius 1 is 1.33 bits per heavy atom. The molecule has 118 valence electrons. The lowest BCUT2D eigenvalue weighted by atomic mass is 9.79. The monoisotopic (exact) mass is 293 g/mol. The van der Waals surface area contributed by atoms with Gasteiger partial charge in [-0.15, -0.1) is 0 Å². The number of aromatic nitrogens is 2. The zero-order chi connectivity index (χ0) is 15.5. The van der Waals surface area contributed by atoms with E-state index in [1.807, 2.05) is 0 Å². The van der Waals surface area contributed by atoms with Gasteiger partial charge in [0.05, 0.1) is 5.60 Å². The number of aliphatic hydroxyl groups is 1. The molecule has 0 atom stereocenters. The molecule has 0 aliphatic heterocycles. The molecule has 6 heteroatoms. The van der Waals surface area contributed by atoms with Crippen LogP contribution in [0.4, 0.5) is 11.6 Å². The number of nitrogens with two attached hydrogens (primary N) is 1. The average Bonchev–Trinajstić information content (AvgIpc) is 2.48. The summed E-state index contributed by atoms with van der Waals surface area (Å²) < 4.78 is 0. The van der Waals surface area contributed by atoms with E-state index in [1.54, 1.807) is 0 Å². The lowest BCUT2D eigenvalue weighted by molar-refractivity contribution is 0.00493. The van der Waals surface area contributed by atoms with E-state index in [-0.39, 0.29) is 5.92 Å². The van der Waals surface area contributed by atoms with Crippen LogP contribution in [0, 0.1) is 5.92 Å². The normalized spacial score (nSPS) is 25.9. The van der Waals surface area contributed by atoms with E-state index >= 15 is 0 Å². The summed E-state index contributed by atoms with van der Waals surface area (Å²) in [5.41, 5.74) is 2.93. The Balaban J connectivity index is 2.09. The Kier molecular flexibility index (Phi) is 5.00. The predicted octanol–water partition coefficient (Wildman–Crippen LogP) is 2.24. The number of hydrogen-bond acceptors (Lipinski definition) is 6.